The third-order valence-electron chi connectivity index (χ3n) is 3.30. The highest BCUT2D eigenvalue weighted by molar-refractivity contribution is 6.31. The molecule has 0 spiro atoms. The normalized spacial score (nSPS) is 12.5. The van der Waals surface area contributed by atoms with Crippen molar-refractivity contribution in [1.29, 1.82) is 0 Å². The van der Waals surface area contributed by atoms with E-state index in [-0.39, 0.29) is 5.82 Å². The Labute approximate surface area is 117 Å². The van der Waals surface area contributed by atoms with E-state index in [2.05, 4.69) is 0 Å². The first-order chi connectivity index (χ1) is 8.97. The van der Waals surface area contributed by atoms with Crippen molar-refractivity contribution >= 4 is 11.6 Å². The van der Waals surface area contributed by atoms with Gasteiger partial charge in [-0.05, 0) is 54.3 Å². The van der Waals surface area contributed by atoms with Gasteiger partial charge < -0.3 is 5.11 Å². The maximum atomic E-state index is 13.0. The van der Waals surface area contributed by atoms with E-state index in [1.165, 1.54) is 12.1 Å². The Hall–Kier alpha value is -1.38. The maximum absolute atomic E-state index is 13.0. The lowest BCUT2D eigenvalue weighted by molar-refractivity contribution is 0.178. The molecule has 0 amide bonds. The number of halogens is 2. The second-order valence-corrected chi connectivity index (χ2v) is 5.21. The van der Waals surface area contributed by atoms with Gasteiger partial charge in [-0.2, -0.15) is 0 Å². The highest BCUT2D eigenvalue weighted by Crippen LogP contribution is 2.25. The number of hydrogen-bond donors (Lipinski definition) is 1. The zero-order chi connectivity index (χ0) is 14.0. The predicted molar refractivity (Wildman–Crippen MR) is 76.0 cm³/mol. The van der Waals surface area contributed by atoms with E-state index in [0.717, 1.165) is 22.3 Å². The average Bonchev–Trinajstić information content (AvgIpc) is 2.36. The molecule has 0 aliphatic carbocycles. The molecule has 0 aliphatic rings. The van der Waals surface area contributed by atoms with Crippen LogP contribution in [0.25, 0.3) is 0 Å². The third-order valence-corrected chi connectivity index (χ3v) is 3.71. The van der Waals surface area contributed by atoms with Gasteiger partial charge in [-0.25, -0.2) is 4.39 Å². The molecule has 2 aromatic rings. The van der Waals surface area contributed by atoms with Crippen LogP contribution in [0.2, 0.25) is 5.02 Å². The Morgan fingerprint density at radius 3 is 2.47 bits per heavy atom. The van der Waals surface area contributed by atoms with Gasteiger partial charge in [0.25, 0.3) is 0 Å². The first kappa shape index (κ1) is 14.0. The molecule has 0 bridgehead atoms. The zero-order valence-corrected chi connectivity index (χ0v) is 11.7. The summed E-state index contributed by atoms with van der Waals surface area (Å²) >= 11 is 6.05. The van der Waals surface area contributed by atoms with Crippen LogP contribution in [0.3, 0.4) is 0 Å². The Morgan fingerprint density at radius 2 is 1.84 bits per heavy atom. The van der Waals surface area contributed by atoms with Crippen LogP contribution in [0.4, 0.5) is 4.39 Å². The van der Waals surface area contributed by atoms with Crippen molar-refractivity contribution in [2.45, 2.75) is 26.4 Å². The second-order valence-electron chi connectivity index (χ2n) is 4.80. The van der Waals surface area contributed by atoms with Crippen molar-refractivity contribution in [3.8, 4) is 0 Å². The zero-order valence-electron chi connectivity index (χ0n) is 11.0. The van der Waals surface area contributed by atoms with Crippen molar-refractivity contribution < 1.29 is 9.50 Å². The SMILES string of the molecule is Cc1ccc(C(O)Cc2ccc(F)cc2C)cc1Cl. The van der Waals surface area contributed by atoms with Gasteiger partial charge in [0, 0.05) is 11.4 Å². The maximum Gasteiger partial charge on any atom is 0.123 e. The van der Waals surface area contributed by atoms with Crippen LogP contribution in [0, 0.1) is 19.7 Å². The first-order valence-electron chi connectivity index (χ1n) is 6.16. The Bertz CT molecular complexity index is 595. The van der Waals surface area contributed by atoms with Gasteiger partial charge in [0.1, 0.15) is 5.82 Å². The van der Waals surface area contributed by atoms with E-state index in [0.29, 0.717) is 11.4 Å². The summed E-state index contributed by atoms with van der Waals surface area (Å²) in [4.78, 5) is 0. The lowest BCUT2D eigenvalue weighted by Gasteiger charge is -2.14. The summed E-state index contributed by atoms with van der Waals surface area (Å²) in [5, 5.41) is 10.9. The molecule has 100 valence electrons. The smallest absolute Gasteiger partial charge is 0.123 e. The van der Waals surface area contributed by atoms with Crippen LogP contribution < -0.4 is 0 Å². The molecule has 1 atom stereocenters. The first-order valence-corrected chi connectivity index (χ1v) is 6.54. The van der Waals surface area contributed by atoms with E-state index in [1.807, 2.05) is 26.0 Å². The van der Waals surface area contributed by atoms with Crippen LogP contribution in [0.15, 0.2) is 36.4 Å². The van der Waals surface area contributed by atoms with Crippen LogP contribution in [0.1, 0.15) is 28.4 Å². The minimum atomic E-state index is -0.637. The monoisotopic (exact) mass is 278 g/mol. The van der Waals surface area contributed by atoms with Crippen molar-refractivity contribution in [1.82, 2.24) is 0 Å². The number of aryl methyl sites for hydroxylation is 2. The summed E-state index contributed by atoms with van der Waals surface area (Å²) in [5.41, 5.74) is 3.54. The molecule has 2 aromatic carbocycles. The van der Waals surface area contributed by atoms with E-state index >= 15 is 0 Å². The van der Waals surface area contributed by atoms with Gasteiger partial charge in [0.05, 0.1) is 6.10 Å². The van der Waals surface area contributed by atoms with Crippen molar-refractivity contribution in [3.05, 3.63) is 69.5 Å². The standard InChI is InChI=1S/C16H16ClFO/c1-10-3-4-13(8-15(10)17)16(19)9-12-5-6-14(18)7-11(12)2/h3-8,16,19H,9H2,1-2H3. The fourth-order valence-electron chi connectivity index (χ4n) is 2.03. The molecule has 19 heavy (non-hydrogen) atoms. The van der Waals surface area contributed by atoms with E-state index in [9.17, 15) is 9.50 Å². The summed E-state index contributed by atoms with van der Waals surface area (Å²) < 4.78 is 13.0. The summed E-state index contributed by atoms with van der Waals surface area (Å²) in [7, 11) is 0. The van der Waals surface area contributed by atoms with Gasteiger partial charge in [-0.3, -0.25) is 0 Å². The molecular weight excluding hydrogens is 263 g/mol. The molecule has 0 aromatic heterocycles. The van der Waals surface area contributed by atoms with Gasteiger partial charge in [-0.1, -0.05) is 29.8 Å². The molecule has 2 rings (SSSR count). The minimum Gasteiger partial charge on any atom is -0.388 e. The number of aliphatic hydroxyl groups is 1. The van der Waals surface area contributed by atoms with Crippen LogP contribution in [-0.4, -0.2) is 5.11 Å². The Morgan fingerprint density at radius 1 is 1.11 bits per heavy atom. The summed E-state index contributed by atoms with van der Waals surface area (Å²) in [6, 6.07) is 10.1. The lowest BCUT2D eigenvalue weighted by Crippen LogP contribution is -2.03. The summed E-state index contributed by atoms with van der Waals surface area (Å²) in [5.74, 6) is -0.255. The van der Waals surface area contributed by atoms with E-state index in [4.69, 9.17) is 11.6 Å². The van der Waals surface area contributed by atoms with Crippen molar-refractivity contribution in [2.75, 3.05) is 0 Å². The molecule has 0 heterocycles. The number of hydrogen-bond acceptors (Lipinski definition) is 1. The van der Waals surface area contributed by atoms with Gasteiger partial charge >= 0.3 is 0 Å². The number of aliphatic hydroxyl groups excluding tert-OH is 1. The van der Waals surface area contributed by atoms with Crippen molar-refractivity contribution in [2.24, 2.45) is 0 Å². The Kier molecular flexibility index (Phi) is 4.23. The third kappa shape index (κ3) is 3.34. The molecule has 3 heteroatoms. The molecule has 1 nitrogen and oxygen atoms in total. The van der Waals surface area contributed by atoms with Crippen LogP contribution in [0.5, 0.6) is 0 Å². The Balaban J connectivity index is 2.20. The second kappa shape index (κ2) is 5.72. The van der Waals surface area contributed by atoms with Gasteiger partial charge in [0.2, 0.25) is 0 Å². The fraction of sp³-hybridized carbons (Fsp3) is 0.250. The highest BCUT2D eigenvalue weighted by Gasteiger charge is 2.11. The fourth-order valence-corrected chi connectivity index (χ4v) is 2.22. The van der Waals surface area contributed by atoms with Gasteiger partial charge in [0.15, 0.2) is 0 Å². The quantitative estimate of drug-likeness (QED) is 0.884. The summed E-state index contributed by atoms with van der Waals surface area (Å²) in [6.45, 7) is 3.76. The molecular formula is C16H16ClFO. The highest BCUT2D eigenvalue weighted by atomic mass is 35.5. The molecule has 1 N–H and O–H groups in total. The summed E-state index contributed by atoms with van der Waals surface area (Å²) in [6.07, 6.45) is -0.187. The van der Waals surface area contributed by atoms with E-state index < -0.39 is 6.10 Å². The predicted octanol–water partition coefficient (Wildman–Crippen LogP) is 4.37. The molecule has 0 radical (unpaired) electrons. The molecule has 0 saturated carbocycles. The molecule has 0 aliphatic heterocycles. The van der Waals surface area contributed by atoms with Gasteiger partial charge in [-0.15, -0.1) is 0 Å². The largest absolute Gasteiger partial charge is 0.388 e. The molecule has 1 unspecified atom stereocenters. The van der Waals surface area contributed by atoms with Crippen LogP contribution in [-0.2, 0) is 6.42 Å². The molecule has 0 fully saturated rings. The number of rotatable bonds is 3. The average molecular weight is 279 g/mol. The topological polar surface area (TPSA) is 20.2 Å². The van der Waals surface area contributed by atoms with Crippen molar-refractivity contribution in [3.63, 3.8) is 0 Å². The van der Waals surface area contributed by atoms with E-state index in [1.54, 1.807) is 12.1 Å². The molecule has 0 saturated heterocycles. The number of benzene rings is 2. The minimum absolute atomic E-state index is 0.255. The lowest BCUT2D eigenvalue weighted by atomic mass is 9.97. The van der Waals surface area contributed by atoms with Crippen LogP contribution >= 0.6 is 11.6 Å².